The molecule has 206 valence electrons. The zero-order valence-corrected chi connectivity index (χ0v) is 24.7. The lowest BCUT2D eigenvalue weighted by Gasteiger charge is -2.26. The molecular weight excluding hydrogens is 572 g/mol. The van der Waals surface area contributed by atoms with Gasteiger partial charge < -0.3 is 13.9 Å². The van der Waals surface area contributed by atoms with Crippen molar-refractivity contribution in [3.63, 3.8) is 0 Å². The summed E-state index contributed by atoms with van der Waals surface area (Å²) in [5.41, 5.74) is 2.63. The number of aryl methyl sites for hydroxylation is 2. The number of nitrogens with zero attached hydrogens (tertiary/aromatic N) is 4. The Morgan fingerprint density at radius 1 is 1.18 bits per heavy atom. The van der Waals surface area contributed by atoms with Gasteiger partial charge >= 0.3 is 5.97 Å². The van der Waals surface area contributed by atoms with Gasteiger partial charge in [0.25, 0.3) is 5.56 Å². The van der Waals surface area contributed by atoms with Crippen LogP contribution in [0.25, 0.3) is 6.08 Å². The van der Waals surface area contributed by atoms with E-state index in [1.807, 2.05) is 19.9 Å². The minimum absolute atomic E-state index is 0.172. The number of rotatable bonds is 7. The molecule has 0 radical (unpaired) electrons. The smallest absolute Gasteiger partial charge is 0.338 e. The zero-order chi connectivity index (χ0) is 28.6. The van der Waals surface area contributed by atoms with Crippen LogP contribution in [-0.4, -0.2) is 34.2 Å². The maximum atomic E-state index is 13.9. The highest BCUT2D eigenvalue weighted by molar-refractivity contribution is 7.99. The van der Waals surface area contributed by atoms with Gasteiger partial charge in [-0.15, -0.1) is 0 Å². The number of carbonyl (C=O) groups is 1. The third-order valence-corrected chi connectivity index (χ3v) is 8.04. The van der Waals surface area contributed by atoms with Crippen molar-refractivity contribution in [3.05, 3.63) is 95.1 Å². The Kier molecular flexibility index (Phi) is 7.97. The van der Waals surface area contributed by atoms with Gasteiger partial charge in [-0.2, -0.15) is 0 Å². The number of allylic oxidation sites excluding steroid dienone is 1. The molecule has 1 aromatic carbocycles. The highest BCUT2D eigenvalue weighted by Crippen LogP contribution is 2.37. The summed E-state index contributed by atoms with van der Waals surface area (Å²) < 4.78 is 18.8. The number of fused-ring (bicyclic) bond motifs is 1. The fourth-order valence-electron chi connectivity index (χ4n) is 4.43. The molecule has 0 saturated heterocycles. The second kappa shape index (κ2) is 11.4. The molecule has 12 heteroatoms. The first-order chi connectivity index (χ1) is 19.2. The Hall–Kier alpha value is -3.67. The van der Waals surface area contributed by atoms with E-state index in [4.69, 9.17) is 25.5 Å². The highest BCUT2D eigenvalue weighted by Gasteiger charge is 2.35. The van der Waals surface area contributed by atoms with Crippen molar-refractivity contribution < 1.29 is 18.7 Å². The Balaban J connectivity index is 1.61. The molecule has 4 heterocycles. The Bertz CT molecular complexity index is 1820. The number of aromatic nitrogens is 3. The zero-order valence-electron chi connectivity index (χ0n) is 22.4. The lowest BCUT2D eigenvalue weighted by Crippen LogP contribution is -2.40. The summed E-state index contributed by atoms with van der Waals surface area (Å²) in [4.78, 5) is 40.9. The van der Waals surface area contributed by atoms with Crippen molar-refractivity contribution in [3.8, 4) is 5.75 Å². The quantitative estimate of drug-likeness (QED) is 0.225. The molecule has 4 aromatic rings. The van der Waals surface area contributed by atoms with Crippen LogP contribution in [0, 0.1) is 13.8 Å². The average molecular weight is 597 g/mol. The van der Waals surface area contributed by atoms with Crippen molar-refractivity contribution in [2.75, 3.05) is 13.7 Å². The third kappa shape index (κ3) is 5.49. The number of methoxy groups -OCH3 is 1. The molecule has 0 saturated carbocycles. The summed E-state index contributed by atoms with van der Waals surface area (Å²) in [7, 11) is 1.52. The topological polar surface area (TPSA) is 109 Å². The maximum absolute atomic E-state index is 13.9. The summed E-state index contributed by atoms with van der Waals surface area (Å²) in [6, 6.07) is 9.70. The molecule has 0 N–H and O–H groups in total. The van der Waals surface area contributed by atoms with Gasteiger partial charge in [0.1, 0.15) is 17.6 Å². The van der Waals surface area contributed by atoms with E-state index in [-0.39, 0.29) is 17.7 Å². The number of benzene rings is 1. The first-order valence-corrected chi connectivity index (χ1v) is 14.3. The summed E-state index contributed by atoms with van der Waals surface area (Å²) in [5.74, 6) is 0.392. The SMILES string of the molecule is CCOC(=O)C1=C(C)N=c2s/c(=C\c3ccc(Sc4nc(C)cc(C)n4)o3)c(=O)n2[C@H]1c1cc(Cl)ccc1OC. The van der Waals surface area contributed by atoms with Crippen LogP contribution in [0.2, 0.25) is 5.02 Å². The van der Waals surface area contributed by atoms with E-state index in [1.165, 1.54) is 34.8 Å². The molecule has 1 aliphatic rings. The number of halogens is 1. The largest absolute Gasteiger partial charge is 0.496 e. The van der Waals surface area contributed by atoms with Gasteiger partial charge in [-0.25, -0.2) is 19.8 Å². The summed E-state index contributed by atoms with van der Waals surface area (Å²) in [5, 5.41) is 1.60. The number of ether oxygens (including phenoxy) is 2. The van der Waals surface area contributed by atoms with E-state index >= 15 is 0 Å². The van der Waals surface area contributed by atoms with Gasteiger partial charge in [0.2, 0.25) is 0 Å². The van der Waals surface area contributed by atoms with Crippen LogP contribution >= 0.6 is 34.7 Å². The minimum atomic E-state index is -0.851. The van der Waals surface area contributed by atoms with E-state index in [9.17, 15) is 9.59 Å². The van der Waals surface area contributed by atoms with Crippen LogP contribution in [-0.2, 0) is 9.53 Å². The van der Waals surface area contributed by atoms with E-state index in [1.54, 1.807) is 50.3 Å². The van der Waals surface area contributed by atoms with Gasteiger partial charge in [0.05, 0.1) is 29.5 Å². The molecule has 0 fully saturated rings. The van der Waals surface area contributed by atoms with Gasteiger partial charge in [-0.3, -0.25) is 9.36 Å². The predicted octanol–water partition coefficient (Wildman–Crippen LogP) is 4.61. The molecule has 1 atom stereocenters. The van der Waals surface area contributed by atoms with Crippen LogP contribution in [0.4, 0.5) is 0 Å². The van der Waals surface area contributed by atoms with E-state index in [0.29, 0.717) is 47.4 Å². The molecule has 40 heavy (non-hydrogen) atoms. The average Bonchev–Trinajstić information content (AvgIpc) is 3.46. The van der Waals surface area contributed by atoms with Crippen LogP contribution in [0.15, 0.2) is 72.1 Å². The van der Waals surface area contributed by atoms with Crippen molar-refractivity contribution in [2.45, 2.75) is 44.0 Å². The van der Waals surface area contributed by atoms with Gasteiger partial charge in [0, 0.05) is 28.0 Å². The van der Waals surface area contributed by atoms with E-state index in [2.05, 4.69) is 15.0 Å². The number of hydrogen-bond acceptors (Lipinski definition) is 10. The summed E-state index contributed by atoms with van der Waals surface area (Å²) in [6.07, 6.45) is 1.66. The van der Waals surface area contributed by atoms with Crippen molar-refractivity contribution in [1.82, 2.24) is 14.5 Å². The van der Waals surface area contributed by atoms with Crippen LogP contribution < -0.4 is 19.6 Å². The molecule has 0 unspecified atom stereocenters. The van der Waals surface area contributed by atoms with Crippen LogP contribution in [0.1, 0.15) is 42.6 Å². The van der Waals surface area contributed by atoms with Crippen molar-refractivity contribution in [1.29, 1.82) is 0 Å². The standard InChI is InChI=1S/C28H25ClN4O5S2/c1-6-37-26(35)23-16(4)32-28-33(24(23)19-12-17(29)7-9-20(19)36-5)25(34)21(39-28)13-18-8-10-22(38-18)40-27-30-14(2)11-15(3)31-27/h7-13,24H,6H2,1-5H3/b21-13-/t24-/m0/s1. The van der Waals surface area contributed by atoms with Crippen molar-refractivity contribution in [2.24, 2.45) is 4.99 Å². The lowest BCUT2D eigenvalue weighted by atomic mass is 9.95. The number of carbonyl (C=O) groups excluding carboxylic acids is 1. The molecule has 0 aliphatic carbocycles. The summed E-state index contributed by atoms with van der Waals surface area (Å²) >= 11 is 8.85. The second-order valence-corrected chi connectivity index (χ2v) is 11.3. The van der Waals surface area contributed by atoms with Gasteiger partial charge in [0.15, 0.2) is 15.1 Å². The normalized spacial score (nSPS) is 15.2. The third-order valence-electron chi connectivity index (χ3n) is 6.03. The first kappa shape index (κ1) is 27.9. The monoisotopic (exact) mass is 596 g/mol. The maximum Gasteiger partial charge on any atom is 0.338 e. The predicted molar refractivity (Wildman–Crippen MR) is 153 cm³/mol. The van der Waals surface area contributed by atoms with Gasteiger partial charge in [-0.05, 0) is 75.9 Å². The Morgan fingerprint density at radius 2 is 1.93 bits per heavy atom. The molecule has 0 spiro atoms. The molecule has 9 nitrogen and oxygen atoms in total. The molecule has 0 amide bonds. The highest BCUT2D eigenvalue weighted by atomic mass is 35.5. The number of thiazole rings is 1. The van der Waals surface area contributed by atoms with Crippen molar-refractivity contribution >= 4 is 46.7 Å². The number of esters is 1. The molecular formula is C28H25ClN4O5S2. The fraction of sp³-hybridized carbons (Fsp3) is 0.250. The molecule has 0 bridgehead atoms. The first-order valence-electron chi connectivity index (χ1n) is 12.3. The Labute approximate surface area is 242 Å². The van der Waals surface area contributed by atoms with E-state index in [0.717, 1.165) is 11.4 Å². The van der Waals surface area contributed by atoms with Gasteiger partial charge in [-0.1, -0.05) is 22.9 Å². The molecule has 3 aromatic heterocycles. The Morgan fingerprint density at radius 3 is 2.62 bits per heavy atom. The second-order valence-electron chi connectivity index (χ2n) is 8.88. The molecule has 1 aliphatic heterocycles. The lowest BCUT2D eigenvalue weighted by molar-refractivity contribution is -0.139. The minimum Gasteiger partial charge on any atom is -0.496 e. The number of furan rings is 1. The van der Waals surface area contributed by atoms with Crippen LogP contribution in [0.5, 0.6) is 5.75 Å². The fourth-order valence-corrected chi connectivity index (χ4v) is 6.47. The summed E-state index contributed by atoms with van der Waals surface area (Å²) in [6.45, 7) is 7.44. The molecule has 5 rings (SSSR count). The van der Waals surface area contributed by atoms with Crippen LogP contribution in [0.3, 0.4) is 0 Å². The number of hydrogen-bond donors (Lipinski definition) is 0. The van der Waals surface area contributed by atoms with E-state index < -0.39 is 12.0 Å².